The molecule has 1 aliphatic rings. The predicted octanol–water partition coefficient (Wildman–Crippen LogP) is 1.88. The number of rotatable bonds is 4. The Morgan fingerprint density at radius 2 is 2.16 bits per heavy atom. The molecule has 0 bridgehead atoms. The van der Waals surface area contributed by atoms with Gasteiger partial charge in [0.25, 0.3) is 5.91 Å². The first-order chi connectivity index (χ1) is 9.08. The molecule has 5 nitrogen and oxygen atoms in total. The second-order valence-corrected chi connectivity index (χ2v) is 5.26. The van der Waals surface area contributed by atoms with Crippen molar-refractivity contribution in [3.63, 3.8) is 0 Å². The molecule has 1 aromatic rings. The highest BCUT2D eigenvalue weighted by Gasteiger charge is 2.24. The number of carboxylic acids is 1. The van der Waals surface area contributed by atoms with Gasteiger partial charge in [-0.15, -0.1) is 0 Å². The van der Waals surface area contributed by atoms with E-state index in [9.17, 15) is 9.59 Å². The van der Waals surface area contributed by atoms with Crippen LogP contribution >= 0.6 is 0 Å². The zero-order valence-corrected chi connectivity index (χ0v) is 11.1. The minimum Gasteiger partial charge on any atom is -0.480 e. The third kappa shape index (κ3) is 3.36. The Morgan fingerprint density at radius 1 is 1.42 bits per heavy atom. The molecule has 0 spiro atoms. The largest absolute Gasteiger partial charge is 0.480 e. The first-order valence-corrected chi connectivity index (χ1v) is 6.75. The molecule has 104 valence electrons. The van der Waals surface area contributed by atoms with E-state index in [2.05, 4.69) is 12.2 Å². The van der Waals surface area contributed by atoms with Gasteiger partial charge in [0, 0.05) is 12.2 Å². The second kappa shape index (κ2) is 5.91. The monoisotopic (exact) mass is 264 g/mol. The molecule has 0 radical (unpaired) electrons. The minimum atomic E-state index is -0.948. The van der Waals surface area contributed by atoms with Crippen LogP contribution in [0.2, 0.25) is 0 Å². The maximum absolute atomic E-state index is 12.2. The number of aromatic nitrogens is 1. The lowest BCUT2D eigenvalue weighted by Crippen LogP contribution is -2.41. The van der Waals surface area contributed by atoms with Crippen molar-refractivity contribution in [2.75, 3.05) is 0 Å². The number of carbonyl (C=O) groups is 2. The van der Waals surface area contributed by atoms with E-state index in [1.165, 1.54) is 11.0 Å². The summed E-state index contributed by atoms with van der Waals surface area (Å²) in [5.41, 5.74) is 0.417. The highest BCUT2D eigenvalue weighted by molar-refractivity contribution is 5.93. The van der Waals surface area contributed by atoms with Crippen LogP contribution in [0.3, 0.4) is 0 Å². The van der Waals surface area contributed by atoms with Gasteiger partial charge >= 0.3 is 5.97 Å². The van der Waals surface area contributed by atoms with Crippen molar-refractivity contribution >= 4 is 11.9 Å². The van der Waals surface area contributed by atoms with Crippen molar-refractivity contribution in [3.05, 3.63) is 24.0 Å². The van der Waals surface area contributed by atoms with E-state index < -0.39 is 5.97 Å². The molecule has 2 atom stereocenters. The van der Waals surface area contributed by atoms with Gasteiger partial charge in [0.05, 0.1) is 0 Å². The van der Waals surface area contributed by atoms with Gasteiger partial charge < -0.3 is 15.0 Å². The third-order valence-corrected chi connectivity index (χ3v) is 3.80. The van der Waals surface area contributed by atoms with Crippen molar-refractivity contribution in [3.8, 4) is 0 Å². The molecule has 1 heterocycles. The van der Waals surface area contributed by atoms with Gasteiger partial charge in [0.2, 0.25) is 0 Å². The van der Waals surface area contributed by atoms with Crippen LogP contribution in [0.5, 0.6) is 0 Å². The molecule has 1 aromatic heterocycles. The molecular weight excluding hydrogens is 244 g/mol. The molecule has 1 aliphatic carbocycles. The third-order valence-electron chi connectivity index (χ3n) is 3.80. The Bertz CT molecular complexity index is 467. The lowest BCUT2D eigenvalue weighted by molar-refractivity contribution is -0.137. The normalized spacial score (nSPS) is 23.0. The summed E-state index contributed by atoms with van der Waals surface area (Å²) in [6.45, 7) is 1.97. The second-order valence-electron chi connectivity index (χ2n) is 5.26. The van der Waals surface area contributed by atoms with E-state index >= 15 is 0 Å². The summed E-state index contributed by atoms with van der Waals surface area (Å²) in [7, 11) is 0. The molecule has 5 heteroatoms. The van der Waals surface area contributed by atoms with Crippen molar-refractivity contribution in [2.24, 2.45) is 5.92 Å². The first-order valence-electron chi connectivity index (χ1n) is 6.75. The zero-order chi connectivity index (χ0) is 13.8. The summed E-state index contributed by atoms with van der Waals surface area (Å²) in [4.78, 5) is 22.9. The Balaban J connectivity index is 2.03. The molecule has 1 saturated carbocycles. The maximum Gasteiger partial charge on any atom is 0.323 e. The van der Waals surface area contributed by atoms with Crippen molar-refractivity contribution in [2.45, 2.75) is 45.2 Å². The van der Waals surface area contributed by atoms with Crippen molar-refractivity contribution in [1.82, 2.24) is 9.88 Å². The van der Waals surface area contributed by atoms with E-state index in [1.54, 1.807) is 18.3 Å². The summed E-state index contributed by atoms with van der Waals surface area (Å²) < 4.78 is 1.46. The molecule has 0 saturated heterocycles. The fourth-order valence-corrected chi connectivity index (χ4v) is 2.68. The molecule has 0 aromatic carbocycles. The Hall–Kier alpha value is -1.78. The van der Waals surface area contributed by atoms with Crippen LogP contribution in [0, 0.1) is 5.92 Å². The summed E-state index contributed by atoms with van der Waals surface area (Å²) >= 11 is 0. The maximum atomic E-state index is 12.2. The molecule has 1 amide bonds. The van der Waals surface area contributed by atoms with Crippen LogP contribution in [0.1, 0.15) is 43.1 Å². The van der Waals surface area contributed by atoms with Gasteiger partial charge in [-0.05, 0) is 30.9 Å². The van der Waals surface area contributed by atoms with Crippen LogP contribution in [-0.4, -0.2) is 27.6 Å². The summed E-state index contributed by atoms with van der Waals surface area (Å²) in [5, 5.41) is 11.8. The lowest BCUT2D eigenvalue weighted by atomic mass is 9.86. The smallest absolute Gasteiger partial charge is 0.323 e. The number of carboxylic acid groups (broad SMARTS) is 1. The van der Waals surface area contributed by atoms with Gasteiger partial charge in [0.15, 0.2) is 0 Å². The van der Waals surface area contributed by atoms with Gasteiger partial charge in [-0.3, -0.25) is 9.59 Å². The van der Waals surface area contributed by atoms with Gasteiger partial charge in [-0.2, -0.15) is 0 Å². The molecule has 2 unspecified atom stereocenters. The topological polar surface area (TPSA) is 71.3 Å². The van der Waals surface area contributed by atoms with E-state index in [4.69, 9.17) is 5.11 Å². The Kier molecular flexibility index (Phi) is 4.24. The number of amides is 1. The van der Waals surface area contributed by atoms with E-state index in [0.29, 0.717) is 11.6 Å². The minimum absolute atomic E-state index is 0.176. The van der Waals surface area contributed by atoms with Crippen LogP contribution in [0.25, 0.3) is 0 Å². The quantitative estimate of drug-likeness (QED) is 0.872. The molecule has 2 N–H and O–H groups in total. The zero-order valence-electron chi connectivity index (χ0n) is 11.1. The molecule has 19 heavy (non-hydrogen) atoms. The standard InChI is InChI=1S/C14H20N2O3/c1-10-5-2-3-6-11(10)15-14(19)12-7-4-8-16(12)9-13(17)18/h4,7-8,10-11H,2-3,5-6,9H2,1H3,(H,15,19)(H,17,18). The Morgan fingerprint density at radius 3 is 2.84 bits per heavy atom. The number of aliphatic carboxylic acids is 1. The molecule has 1 fully saturated rings. The van der Waals surface area contributed by atoms with Crippen LogP contribution in [0.15, 0.2) is 18.3 Å². The lowest BCUT2D eigenvalue weighted by Gasteiger charge is -2.29. The summed E-state index contributed by atoms with van der Waals surface area (Å²) in [6, 6.07) is 3.56. The van der Waals surface area contributed by atoms with E-state index in [1.807, 2.05) is 0 Å². The molecule has 0 aliphatic heterocycles. The predicted molar refractivity (Wildman–Crippen MR) is 71.0 cm³/mol. The number of nitrogens with one attached hydrogen (secondary N) is 1. The van der Waals surface area contributed by atoms with Crippen LogP contribution in [-0.2, 0) is 11.3 Å². The fraction of sp³-hybridized carbons (Fsp3) is 0.571. The number of hydrogen-bond donors (Lipinski definition) is 2. The summed E-state index contributed by atoms with van der Waals surface area (Å²) in [5.74, 6) is -0.637. The van der Waals surface area contributed by atoms with Crippen molar-refractivity contribution < 1.29 is 14.7 Å². The number of hydrogen-bond acceptors (Lipinski definition) is 2. The number of nitrogens with zero attached hydrogens (tertiary/aromatic N) is 1. The van der Waals surface area contributed by atoms with E-state index in [0.717, 1.165) is 19.3 Å². The highest BCUT2D eigenvalue weighted by Crippen LogP contribution is 2.24. The average molecular weight is 264 g/mol. The van der Waals surface area contributed by atoms with Gasteiger partial charge in [-0.1, -0.05) is 19.8 Å². The average Bonchev–Trinajstić information content (AvgIpc) is 2.79. The highest BCUT2D eigenvalue weighted by atomic mass is 16.4. The van der Waals surface area contributed by atoms with Gasteiger partial charge in [-0.25, -0.2) is 0 Å². The molecular formula is C14H20N2O3. The first kappa shape index (κ1) is 13.6. The SMILES string of the molecule is CC1CCCCC1NC(=O)c1cccn1CC(=O)O. The van der Waals surface area contributed by atoms with Gasteiger partial charge in [0.1, 0.15) is 12.2 Å². The van der Waals surface area contributed by atoms with Crippen LogP contribution < -0.4 is 5.32 Å². The fourth-order valence-electron chi connectivity index (χ4n) is 2.68. The van der Waals surface area contributed by atoms with Crippen molar-refractivity contribution in [1.29, 1.82) is 0 Å². The van der Waals surface area contributed by atoms with E-state index in [-0.39, 0.29) is 18.5 Å². The number of carbonyl (C=O) groups excluding carboxylic acids is 1. The molecule has 2 rings (SSSR count). The summed E-state index contributed by atoms with van der Waals surface area (Å²) in [6.07, 6.45) is 6.13. The van der Waals surface area contributed by atoms with Crippen LogP contribution in [0.4, 0.5) is 0 Å². The Labute approximate surface area is 112 Å².